The molecule has 0 bridgehead atoms. The molecule has 1 aromatic heterocycles. The molecule has 3 N–H and O–H groups in total. The summed E-state index contributed by atoms with van der Waals surface area (Å²) in [7, 11) is 0. The lowest BCUT2D eigenvalue weighted by Crippen LogP contribution is -2.30. The van der Waals surface area contributed by atoms with Crippen LogP contribution < -0.4 is 5.73 Å². The van der Waals surface area contributed by atoms with Crippen molar-refractivity contribution in [2.75, 3.05) is 5.75 Å². The largest absolute Gasteiger partial charge is 0.387 e. The van der Waals surface area contributed by atoms with Crippen molar-refractivity contribution in [2.45, 2.75) is 44.4 Å². The summed E-state index contributed by atoms with van der Waals surface area (Å²) >= 11 is 3.22. The normalized spacial score (nSPS) is 11.7. The number of aromatic nitrogens is 2. The van der Waals surface area contributed by atoms with E-state index < -0.39 is 0 Å². The first-order valence-corrected chi connectivity index (χ1v) is 7.51. The quantitative estimate of drug-likeness (QED) is 0.346. The van der Waals surface area contributed by atoms with E-state index in [9.17, 15) is 0 Å². The molecule has 0 amide bonds. The third kappa shape index (κ3) is 4.63. The monoisotopic (exact) mass is 272 g/mol. The topological polar surface area (TPSA) is 75.7 Å². The van der Waals surface area contributed by atoms with Crippen LogP contribution in [0.4, 0.5) is 0 Å². The first kappa shape index (κ1) is 14.4. The number of nitrogens with one attached hydrogen (secondary N) is 1. The molecule has 6 heteroatoms. The molecule has 0 radical (unpaired) electrons. The number of thioether (sulfide) groups is 1. The van der Waals surface area contributed by atoms with Crippen molar-refractivity contribution in [3.8, 4) is 0 Å². The zero-order valence-corrected chi connectivity index (χ0v) is 12.2. The fourth-order valence-electron chi connectivity index (χ4n) is 1.25. The van der Waals surface area contributed by atoms with Gasteiger partial charge in [0.05, 0.1) is 5.84 Å². The first-order chi connectivity index (χ1) is 7.95. The van der Waals surface area contributed by atoms with Crippen LogP contribution in [0.5, 0.6) is 0 Å². The van der Waals surface area contributed by atoms with Crippen molar-refractivity contribution in [3.63, 3.8) is 0 Å². The molecule has 0 aliphatic carbocycles. The zero-order valence-electron chi connectivity index (χ0n) is 10.6. The second-order valence-electron chi connectivity index (χ2n) is 4.58. The lowest BCUT2D eigenvalue weighted by atomic mass is 9.87. The number of aryl methyl sites for hydroxylation is 1. The Labute approximate surface area is 111 Å². The Morgan fingerprint density at radius 1 is 1.53 bits per heavy atom. The van der Waals surface area contributed by atoms with Gasteiger partial charge >= 0.3 is 0 Å². The Morgan fingerprint density at radius 3 is 2.76 bits per heavy atom. The Bertz CT molecular complexity index is 373. The Morgan fingerprint density at radius 2 is 2.24 bits per heavy atom. The van der Waals surface area contributed by atoms with Gasteiger partial charge in [-0.1, -0.05) is 32.5 Å². The van der Waals surface area contributed by atoms with Crippen LogP contribution in [0.1, 0.15) is 39.4 Å². The summed E-state index contributed by atoms with van der Waals surface area (Å²) < 4.78 is 5.29. The van der Waals surface area contributed by atoms with Gasteiger partial charge in [-0.3, -0.25) is 5.41 Å². The molecule has 0 fully saturated rings. The lowest BCUT2D eigenvalue weighted by Gasteiger charge is -2.22. The van der Waals surface area contributed by atoms with Gasteiger partial charge in [0.2, 0.25) is 0 Å². The maximum Gasteiger partial charge on any atom is 0.170 e. The van der Waals surface area contributed by atoms with Crippen molar-refractivity contribution in [1.29, 1.82) is 5.41 Å². The van der Waals surface area contributed by atoms with Gasteiger partial charge in [-0.15, -0.1) is 0 Å². The van der Waals surface area contributed by atoms with Crippen LogP contribution in [-0.4, -0.2) is 20.9 Å². The van der Waals surface area contributed by atoms with Crippen LogP contribution in [0.25, 0.3) is 0 Å². The fraction of sp³-hybridized carbons (Fsp3) is 0.727. The van der Waals surface area contributed by atoms with Crippen molar-refractivity contribution in [2.24, 2.45) is 11.1 Å². The van der Waals surface area contributed by atoms with Gasteiger partial charge in [-0.05, 0) is 24.4 Å². The summed E-state index contributed by atoms with van der Waals surface area (Å²) in [5.41, 5.74) is 5.36. The summed E-state index contributed by atoms with van der Waals surface area (Å²) in [5, 5.41) is 7.48. The molecular formula is C11H20N4S2. The molecule has 0 unspecified atom stereocenters. The van der Waals surface area contributed by atoms with Crippen LogP contribution in [0.15, 0.2) is 4.34 Å². The molecule has 0 aliphatic rings. The van der Waals surface area contributed by atoms with Gasteiger partial charge in [0.15, 0.2) is 4.34 Å². The van der Waals surface area contributed by atoms with Crippen molar-refractivity contribution < 1.29 is 0 Å². The number of nitrogens with zero attached hydrogens (tertiary/aromatic N) is 2. The first-order valence-electron chi connectivity index (χ1n) is 5.75. The number of amidine groups is 1. The van der Waals surface area contributed by atoms with Crippen molar-refractivity contribution in [3.05, 3.63) is 5.82 Å². The highest BCUT2D eigenvalue weighted by Gasteiger charge is 2.20. The molecule has 1 aromatic rings. The molecule has 0 saturated carbocycles. The molecular weight excluding hydrogens is 252 g/mol. The number of rotatable bonds is 7. The second-order valence-corrected chi connectivity index (χ2v) is 6.67. The zero-order chi connectivity index (χ0) is 12.9. The number of nitrogens with two attached hydrogens (primary N) is 1. The summed E-state index contributed by atoms with van der Waals surface area (Å²) in [4.78, 5) is 4.40. The molecule has 0 aromatic carbocycles. The third-order valence-electron chi connectivity index (χ3n) is 2.67. The predicted molar refractivity (Wildman–Crippen MR) is 74.9 cm³/mol. The highest BCUT2D eigenvalue weighted by atomic mass is 32.2. The van der Waals surface area contributed by atoms with E-state index in [0.717, 1.165) is 35.2 Å². The van der Waals surface area contributed by atoms with Crippen LogP contribution in [-0.2, 0) is 6.42 Å². The molecule has 1 heterocycles. The standard InChI is InChI=1S/C11H20N4S2/c1-4-8-14-10(17-15-8)16-7-5-6-11(2,3)9(12)13/h4-7H2,1-3H3,(H3,12,13). The molecule has 4 nitrogen and oxygen atoms in total. The van der Waals surface area contributed by atoms with Gasteiger partial charge in [0.25, 0.3) is 0 Å². The molecule has 0 atom stereocenters. The maximum atomic E-state index is 7.48. The van der Waals surface area contributed by atoms with E-state index in [1.807, 2.05) is 13.8 Å². The molecule has 0 aliphatic heterocycles. The van der Waals surface area contributed by atoms with E-state index in [1.54, 1.807) is 11.8 Å². The highest BCUT2D eigenvalue weighted by Crippen LogP contribution is 2.26. The smallest absolute Gasteiger partial charge is 0.170 e. The second kappa shape index (κ2) is 6.35. The highest BCUT2D eigenvalue weighted by molar-refractivity contribution is 8.00. The van der Waals surface area contributed by atoms with Gasteiger partial charge in [-0.2, -0.15) is 4.37 Å². The molecule has 0 spiro atoms. The van der Waals surface area contributed by atoms with Gasteiger partial charge in [0.1, 0.15) is 5.82 Å². The van der Waals surface area contributed by atoms with Gasteiger partial charge in [0, 0.05) is 17.6 Å². The van der Waals surface area contributed by atoms with E-state index in [1.165, 1.54) is 11.5 Å². The SMILES string of the molecule is CCc1nsc(SCCCC(C)(C)C(=N)N)n1. The maximum absolute atomic E-state index is 7.48. The van der Waals surface area contributed by atoms with Crippen LogP contribution in [0, 0.1) is 10.8 Å². The lowest BCUT2D eigenvalue weighted by molar-refractivity contribution is 0.464. The summed E-state index contributed by atoms with van der Waals surface area (Å²) in [6, 6.07) is 0. The number of hydrogen-bond acceptors (Lipinski definition) is 5. The Balaban J connectivity index is 2.27. The van der Waals surface area contributed by atoms with Crippen LogP contribution in [0.2, 0.25) is 0 Å². The molecule has 0 saturated heterocycles. The van der Waals surface area contributed by atoms with Crippen LogP contribution in [0.3, 0.4) is 0 Å². The summed E-state index contributed by atoms with van der Waals surface area (Å²) in [6.07, 6.45) is 2.88. The van der Waals surface area contributed by atoms with E-state index in [2.05, 4.69) is 16.3 Å². The molecule has 17 heavy (non-hydrogen) atoms. The molecule has 1 rings (SSSR count). The van der Waals surface area contributed by atoms with E-state index in [0.29, 0.717) is 0 Å². The molecule has 96 valence electrons. The Kier molecular flexibility index (Phi) is 5.39. The Hall–Kier alpha value is -0.620. The third-order valence-corrected chi connectivity index (χ3v) is 4.62. The predicted octanol–water partition coefficient (Wildman–Crippen LogP) is 2.93. The van der Waals surface area contributed by atoms with Crippen molar-refractivity contribution in [1.82, 2.24) is 9.36 Å². The van der Waals surface area contributed by atoms with E-state index >= 15 is 0 Å². The van der Waals surface area contributed by atoms with Crippen molar-refractivity contribution >= 4 is 29.1 Å². The van der Waals surface area contributed by atoms with E-state index in [4.69, 9.17) is 11.1 Å². The van der Waals surface area contributed by atoms with E-state index in [-0.39, 0.29) is 11.3 Å². The van der Waals surface area contributed by atoms with Gasteiger partial charge in [-0.25, -0.2) is 4.98 Å². The van der Waals surface area contributed by atoms with Crippen LogP contribution >= 0.6 is 23.3 Å². The minimum absolute atomic E-state index is 0.184. The minimum atomic E-state index is -0.184. The number of hydrogen-bond donors (Lipinski definition) is 2. The van der Waals surface area contributed by atoms with Gasteiger partial charge < -0.3 is 5.73 Å². The summed E-state index contributed by atoms with van der Waals surface area (Å²) in [6.45, 7) is 6.09. The average Bonchev–Trinajstić information content (AvgIpc) is 2.72. The summed E-state index contributed by atoms with van der Waals surface area (Å²) in [5.74, 6) is 2.21. The minimum Gasteiger partial charge on any atom is -0.387 e. The fourth-order valence-corrected chi connectivity index (χ4v) is 2.95. The average molecular weight is 272 g/mol.